The van der Waals surface area contributed by atoms with Crippen molar-refractivity contribution in [1.82, 2.24) is 5.32 Å². The molecule has 74 valence electrons. The van der Waals surface area contributed by atoms with Gasteiger partial charge in [0.2, 0.25) is 0 Å². The van der Waals surface area contributed by atoms with E-state index in [-0.39, 0.29) is 0 Å². The van der Waals surface area contributed by atoms with Crippen LogP contribution in [-0.2, 0) is 13.0 Å². The second kappa shape index (κ2) is 4.67. The van der Waals surface area contributed by atoms with Gasteiger partial charge in [-0.2, -0.15) is 12.6 Å². The lowest BCUT2D eigenvalue weighted by atomic mass is 9.98. The van der Waals surface area contributed by atoms with Gasteiger partial charge in [-0.15, -0.1) is 0 Å². The SMILES string of the molecule is SCC=Cc1ccc2c(c1)CCNC2. The third kappa shape index (κ3) is 2.20. The molecule has 0 radical (unpaired) electrons. The third-order valence-corrected chi connectivity index (χ3v) is 2.74. The van der Waals surface area contributed by atoms with Crippen LogP contribution >= 0.6 is 12.6 Å². The first-order valence-corrected chi connectivity index (χ1v) is 5.63. The second-order valence-electron chi connectivity index (χ2n) is 3.54. The molecular formula is C12H15NS. The van der Waals surface area contributed by atoms with E-state index in [9.17, 15) is 0 Å². The predicted molar refractivity (Wildman–Crippen MR) is 64.7 cm³/mol. The maximum atomic E-state index is 4.15. The average Bonchev–Trinajstić information content (AvgIpc) is 2.26. The minimum absolute atomic E-state index is 0.804. The highest BCUT2D eigenvalue weighted by Gasteiger charge is 2.07. The van der Waals surface area contributed by atoms with Crippen LogP contribution in [-0.4, -0.2) is 12.3 Å². The van der Waals surface area contributed by atoms with E-state index in [4.69, 9.17) is 0 Å². The van der Waals surface area contributed by atoms with Gasteiger partial charge in [0.15, 0.2) is 0 Å². The number of thiol groups is 1. The molecule has 0 amide bonds. The number of rotatable bonds is 2. The molecule has 0 atom stereocenters. The van der Waals surface area contributed by atoms with Crippen LogP contribution in [0.1, 0.15) is 16.7 Å². The molecule has 0 unspecified atom stereocenters. The van der Waals surface area contributed by atoms with Crippen molar-refractivity contribution in [3.05, 3.63) is 41.0 Å². The summed E-state index contributed by atoms with van der Waals surface area (Å²) in [6, 6.07) is 6.68. The Bertz CT molecular complexity index is 344. The van der Waals surface area contributed by atoms with Gasteiger partial charge in [0.1, 0.15) is 0 Å². The standard InChI is InChI=1S/C12H15NS/c14-7-1-2-10-3-4-12-9-13-6-5-11(12)8-10/h1-4,8,13-14H,5-7,9H2. The molecule has 14 heavy (non-hydrogen) atoms. The fraction of sp³-hybridized carbons (Fsp3) is 0.333. The Hall–Kier alpha value is -0.730. The van der Waals surface area contributed by atoms with Gasteiger partial charge in [-0.3, -0.25) is 0 Å². The van der Waals surface area contributed by atoms with E-state index in [0.29, 0.717) is 0 Å². The Labute approximate surface area is 90.6 Å². The highest BCUT2D eigenvalue weighted by atomic mass is 32.1. The van der Waals surface area contributed by atoms with Crippen molar-refractivity contribution >= 4 is 18.7 Å². The maximum absolute atomic E-state index is 4.15. The topological polar surface area (TPSA) is 12.0 Å². The van der Waals surface area contributed by atoms with Gasteiger partial charge >= 0.3 is 0 Å². The molecule has 1 aliphatic heterocycles. The molecule has 1 aliphatic rings. The number of hydrogen-bond acceptors (Lipinski definition) is 2. The first kappa shape index (κ1) is 9.81. The zero-order chi connectivity index (χ0) is 9.80. The van der Waals surface area contributed by atoms with E-state index in [1.165, 1.54) is 16.7 Å². The van der Waals surface area contributed by atoms with Crippen LogP contribution in [0.15, 0.2) is 24.3 Å². The molecular weight excluding hydrogens is 190 g/mol. The summed E-state index contributed by atoms with van der Waals surface area (Å²) in [5.41, 5.74) is 4.23. The average molecular weight is 205 g/mol. The predicted octanol–water partition coefficient (Wildman–Crippen LogP) is 2.28. The molecule has 1 N–H and O–H groups in total. The normalized spacial score (nSPS) is 15.8. The summed E-state index contributed by atoms with van der Waals surface area (Å²) in [7, 11) is 0. The Morgan fingerprint density at radius 3 is 3.14 bits per heavy atom. The van der Waals surface area contributed by atoms with Crippen LogP contribution in [0.25, 0.3) is 6.08 Å². The minimum atomic E-state index is 0.804. The maximum Gasteiger partial charge on any atom is 0.0208 e. The summed E-state index contributed by atoms with van der Waals surface area (Å²) in [6.45, 7) is 2.12. The van der Waals surface area contributed by atoms with Crippen molar-refractivity contribution < 1.29 is 0 Å². The molecule has 0 spiro atoms. The lowest BCUT2D eigenvalue weighted by Crippen LogP contribution is -2.23. The van der Waals surface area contributed by atoms with Gasteiger partial charge < -0.3 is 5.32 Å². The third-order valence-electron chi connectivity index (χ3n) is 2.53. The molecule has 0 aliphatic carbocycles. The van der Waals surface area contributed by atoms with Gasteiger partial charge in [0, 0.05) is 12.3 Å². The Balaban J connectivity index is 2.24. The van der Waals surface area contributed by atoms with Crippen molar-refractivity contribution in [2.45, 2.75) is 13.0 Å². The quantitative estimate of drug-likeness (QED) is 0.706. The first-order chi connectivity index (χ1) is 6.90. The highest BCUT2D eigenvalue weighted by Crippen LogP contribution is 2.16. The van der Waals surface area contributed by atoms with Crippen molar-refractivity contribution in [2.24, 2.45) is 0 Å². The molecule has 1 aromatic rings. The Morgan fingerprint density at radius 2 is 2.29 bits per heavy atom. The summed E-state index contributed by atoms with van der Waals surface area (Å²) in [4.78, 5) is 0. The first-order valence-electron chi connectivity index (χ1n) is 5.00. The molecule has 0 saturated heterocycles. The van der Waals surface area contributed by atoms with Gasteiger partial charge in [-0.05, 0) is 29.7 Å². The van der Waals surface area contributed by atoms with Gasteiger partial charge in [0.25, 0.3) is 0 Å². The Kier molecular flexibility index (Phi) is 3.27. The van der Waals surface area contributed by atoms with Gasteiger partial charge in [-0.1, -0.05) is 30.4 Å². The van der Waals surface area contributed by atoms with E-state index in [1.54, 1.807) is 0 Å². The van der Waals surface area contributed by atoms with Gasteiger partial charge in [-0.25, -0.2) is 0 Å². The van der Waals surface area contributed by atoms with E-state index in [0.717, 1.165) is 25.3 Å². The molecule has 1 heterocycles. The fourth-order valence-electron chi connectivity index (χ4n) is 1.79. The number of hydrogen-bond donors (Lipinski definition) is 2. The zero-order valence-corrected chi connectivity index (χ0v) is 9.06. The van der Waals surface area contributed by atoms with Gasteiger partial charge in [0.05, 0.1) is 0 Å². The van der Waals surface area contributed by atoms with Crippen LogP contribution in [0.2, 0.25) is 0 Å². The zero-order valence-electron chi connectivity index (χ0n) is 8.16. The molecule has 0 saturated carbocycles. The second-order valence-corrected chi connectivity index (χ2v) is 3.91. The number of benzene rings is 1. The molecule has 1 aromatic carbocycles. The van der Waals surface area contributed by atoms with Crippen molar-refractivity contribution in [3.8, 4) is 0 Å². The summed E-state index contributed by atoms with van der Waals surface area (Å²) in [6.07, 6.45) is 5.36. The molecule has 1 nitrogen and oxygen atoms in total. The highest BCUT2D eigenvalue weighted by molar-refractivity contribution is 7.80. The summed E-state index contributed by atoms with van der Waals surface area (Å²) >= 11 is 4.15. The monoisotopic (exact) mass is 205 g/mol. The van der Waals surface area contributed by atoms with Crippen molar-refractivity contribution in [3.63, 3.8) is 0 Å². The largest absolute Gasteiger partial charge is 0.312 e. The number of nitrogens with one attached hydrogen (secondary N) is 1. The van der Waals surface area contributed by atoms with Crippen LogP contribution in [0, 0.1) is 0 Å². The molecule has 0 aromatic heterocycles. The smallest absolute Gasteiger partial charge is 0.0208 e. The van der Waals surface area contributed by atoms with Crippen molar-refractivity contribution in [2.75, 3.05) is 12.3 Å². The lowest BCUT2D eigenvalue weighted by molar-refractivity contribution is 0.643. The van der Waals surface area contributed by atoms with Crippen LogP contribution in [0.3, 0.4) is 0 Å². The van der Waals surface area contributed by atoms with E-state index < -0.39 is 0 Å². The Morgan fingerprint density at radius 1 is 1.36 bits per heavy atom. The molecule has 0 fully saturated rings. The molecule has 0 bridgehead atoms. The fourth-order valence-corrected chi connectivity index (χ4v) is 1.90. The van der Waals surface area contributed by atoms with Crippen LogP contribution in [0.5, 0.6) is 0 Å². The molecule has 2 heteroatoms. The lowest BCUT2D eigenvalue weighted by Gasteiger charge is -2.17. The van der Waals surface area contributed by atoms with E-state index >= 15 is 0 Å². The summed E-state index contributed by atoms with van der Waals surface area (Å²) in [5.74, 6) is 0.804. The van der Waals surface area contributed by atoms with Crippen molar-refractivity contribution in [1.29, 1.82) is 0 Å². The van der Waals surface area contributed by atoms with Crippen LogP contribution < -0.4 is 5.32 Å². The summed E-state index contributed by atoms with van der Waals surface area (Å²) < 4.78 is 0. The minimum Gasteiger partial charge on any atom is -0.312 e. The van der Waals surface area contributed by atoms with E-state index in [1.807, 2.05) is 0 Å². The van der Waals surface area contributed by atoms with E-state index in [2.05, 4.69) is 48.3 Å². The summed E-state index contributed by atoms with van der Waals surface area (Å²) in [5, 5.41) is 3.37. The number of fused-ring (bicyclic) bond motifs is 1. The molecule has 2 rings (SSSR count). The van der Waals surface area contributed by atoms with Crippen LogP contribution in [0.4, 0.5) is 0 Å².